The van der Waals surface area contributed by atoms with Crippen molar-refractivity contribution in [2.45, 2.75) is 6.54 Å². The molecule has 0 bridgehead atoms. The molecular weight excluding hydrogens is 208 g/mol. The minimum absolute atomic E-state index is 0.606. The topological polar surface area (TPSA) is 96.7 Å². The van der Waals surface area contributed by atoms with Crippen molar-refractivity contribution >= 4 is 11.5 Å². The van der Waals surface area contributed by atoms with E-state index in [9.17, 15) is 0 Å². The fourth-order valence-electron chi connectivity index (χ4n) is 1.36. The number of rotatable bonds is 3. The van der Waals surface area contributed by atoms with Gasteiger partial charge in [0.25, 0.3) is 0 Å². The number of hydrogen-bond acceptors (Lipinski definition) is 6. The van der Waals surface area contributed by atoms with E-state index in [1.807, 2.05) is 0 Å². The fourth-order valence-corrected chi connectivity index (χ4v) is 1.36. The molecule has 3 rings (SSSR count). The van der Waals surface area contributed by atoms with Crippen LogP contribution in [0, 0.1) is 0 Å². The number of nitrogens with zero attached hydrogens (tertiary/aromatic N) is 6. The smallest absolute Gasteiger partial charge is 0.199 e. The summed E-state index contributed by atoms with van der Waals surface area (Å²) in [6, 6.07) is 0. The molecule has 0 aliphatic carbocycles. The average molecular weight is 216 g/mol. The van der Waals surface area contributed by atoms with Crippen LogP contribution in [0.3, 0.4) is 0 Å². The molecule has 0 saturated heterocycles. The Labute approximate surface area is 89.7 Å². The number of fused-ring (bicyclic) bond motifs is 1. The van der Waals surface area contributed by atoms with Gasteiger partial charge in [0.05, 0.1) is 31.0 Å². The molecule has 3 aromatic rings. The lowest BCUT2D eigenvalue weighted by molar-refractivity contribution is 0.818. The maximum Gasteiger partial charge on any atom is 0.199 e. The van der Waals surface area contributed by atoms with E-state index in [1.165, 1.54) is 0 Å². The Bertz CT molecular complexity index is 583. The Balaban J connectivity index is 1.86. The number of tetrazole rings is 1. The van der Waals surface area contributed by atoms with Crippen LogP contribution in [-0.4, -0.2) is 35.0 Å². The summed E-state index contributed by atoms with van der Waals surface area (Å²) in [5.41, 5.74) is 1.58. The molecule has 0 unspecified atom stereocenters. The summed E-state index contributed by atoms with van der Waals surface area (Å²) in [5, 5.41) is 14.4. The van der Waals surface area contributed by atoms with Crippen LogP contribution in [0.1, 0.15) is 5.69 Å². The van der Waals surface area contributed by atoms with Gasteiger partial charge in [-0.1, -0.05) is 0 Å². The van der Waals surface area contributed by atoms with Crippen molar-refractivity contribution in [1.29, 1.82) is 0 Å². The number of aromatic amines is 1. The average Bonchev–Trinajstić information content (AvgIpc) is 2.97. The first-order chi connectivity index (χ1) is 7.93. The van der Waals surface area contributed by atoms with E-state index in [-0.39, 0.29) is 0 Å². The highest BCUT2D eigenvalue weighted by Crippen LogP contribution is 2.06. The molecule has 3 heterocycles. The van der Waals surface area contributed by atoms with Crippen LogP contribution >= 0.6 is 0 Å². The van der Waals surface area contributed by atoms with Crippen molar-refractivity contribution < 1.29 is 0 Å². The monoisotopic (exact) mass is 216 g/mol. The molecule has 0 amide bonds. The minimum atomic E-state index is 0.606. The number of aromatic nitrogens is 7. The Morgan fingerprint density at radius 3 is 3.12 bits per heavy atom. The molecule has 3 aromatic heterocycles. The van der Waals surface area contributed by atoms with Gasteiger partial charge in [0, 0.05) is 6.20 Å². The summed E-state index contributed by atoms with van der Waals surface area (Å²) in [6.07, 6.45) is 6.65. The van der Waals surface area contributed by atoms with Gasteiger partial charge in [-0.3, -0.25) is 4.98 Å². The van der Waals surface area contributed by atoms with Crippen LogP contribution < -0.4 is 5.32 Å². The lowest BCUT2D eigenvalue weighted by Crippen LogP contribution is -2.05. The third kappa shape index (κ3) is 1.45. The minimum Gasteiger partial charge on any atom is -0.363 e. The first-order valence-corrected chi connectivity index (χ1v) is 4.67. The molecule has 0 aromatic carbocycles. The van der Waals surface area contributed by atoms with Crippen molar-refractivity contribution in [3.8, 4) is 0 Å². The zero-order valence-corrected chi connectivity index (χ0v) is 8.20. The van der Waals surface area contributed by atoms with Crippen LogP contribution in [-0.2, 0) is 6.54 Å². The highest BCUT2D eigenvalue weighted by Gasteiger charge is 2.03. The second-order valence-electron chi connectivity index (χ2n) is 3.17. The third-order valence-corrected chi connectivity index (χ3v) is 2.12. The number of imidazole rings is 1. The summed E-state index contributed by atoms with van der Waals surface area (Å²) >= 11 is 0. The maximum absolute atomic E-state index is 4.03. The Morgan fingerprint density at radius 1 is 1.25 bits per heavy atom. The zero-order chi connectivity index (χ0) is 10.8. The molecule has 0 atom stereocenters. The molecule has 0 fully saturated rings. The number of H-pyrrole nitrogens is 1. The molecule has 80 valence electrons. The predicted octanol–water partition coefficient (Wildman–Crippen LogP) is -0.146. The van der Waals surface area contributed by atoms with Gasteiger partial charge in [-0.15, -0.1) is 5.10 Å². The van der Waals surface area contributed by atoms with Crippen LogP contribution in [0.4, 0.5) is 5.82 Å². The van der Waals surface area contributed by atoms with Crippen LogP contribution in [0.2, 0.25) is 0 Å². The van der Waals surface area contributed by atoms with Gasteiger partial charge < -0.3 is 10.3 Å². The molecular formula is C8H8N8. The third-order valence-electron chi connectivity index (χ3n) is 2.12. The largest absolute Gasteiger partial charge is 0.363 e. The first-order valence-electron chi connectivity index (χ1n) is 4.67. The number of nitrogens with one attached hydrogen (secondary N) is 2. The summed E-state index contributed by atoms with van der Waals surface area (Å²) in [7, 11) is 0. The second-order valence-corrected chi connectivity index (χ2v) is 3.17. The summed E-state index contributed by atoms with van der Waals surface area (Å²) in [4.78, 5) is 11.0. The van der Waals surface area contributed by atoms with Gasteiger partial charge in [0.2, 0.25) is 0 Å². The highest BCUT2D eigenvalue weighted by atomic mass is 15.5. The molecule has 0 aliphatic rings. The summed E-state index contributed by atoms with van der Waals surface area (Å²) < 4.78 is 1.59. The van der Waals surface area contributed by atoms with Gasteiger partial charge >= 0.3 is 0 Å². The van der Waals surface area contributed by atoms with E-state index in [1.54, 1.807) is 29.4 Å². The molecule has 0 spiro atoms. The SMILES string of the molecule is c1ncc(CNc2cncc3nnnn23)[nH]1. The van der Waals surface area contributed by atoms with Crippen molar-refractivity contribution in [3.63, 3.8) is 0 Å². The Kier molecular flexibility index (Phi) is 1.96. The van der Waals surface area contributed by atoms with E-state index >= 15 is 0 Å². The molecule has 8 heteroatoms. The molecule has 16 heavy (non-hydrogen) atoms. The van der Waals surface area contributed by atoms with E-state index in [0.29, 0.717) is 12.2 Å². The number of anilines is 1. The molecule has 0 aliphatic heterocycles. The Hall–Kier alpha value is -2.51. The van der Waals surface area contributed by atoms with Crippen LogP contribution in [0.25, 0.3) is 5.65 Å². The van der Waals surface area contributed by atoms with E-state index < -0.39 is 0 Å². The quantitative estimate of drug-likeness (QED) is 0.632. The lowest BCUT2D eigenvalue weighted by Gasteiger charge is -2.04. The first kappa shape index (κ1) is 8.77. The van der Waals surface area contributed by atoms with Gasteiger partial charge in [-0.05, 0) is 10.4 Å². The van der Waals surface area contributed by atoms with Crippen LogP contribution in [0.15, 0.2) is 24.9 Å². The Morgan fingerprint density at radius 2 is 2.25 bits per heavy atom. The van der Waals surface area contributed by atoms with Crippen molar-refractivity contribution in [2.24, 2.45) is 0 Å². The lowest BCUT2D eigenvalue weighted by atomic mass is 10.4. The highest BCUT2D eigenvalue weighted by molar-refractivity contribution is 5.43. The van der Waals surface area contributed by atoms with E-state index in [0.717, 1.165) is 11.5 Å². The van der Waals surface area contributed by atoms with Crippen molar-refractivity contribution in [2.75, 3.05) is 5.32 Å². The standard InChI is InChI=1S/C8H8N8/c1-6(12-5-10-1)2-11-7-3-9-4-8-13-14-15-16(7)8/h1,3-5,11H,2H2,(H,10,12). The molecule has 0 saturated carbocycles. The van der Waals surface area contributed by atoms with Crippen molar-refractivity contribution in [3.05, 3.63) is 30.6 Å². The van der Waals surface area contributed by atoms with Crippen molar-refractivity contribution in [1.82, 2.24) is 35.0 Å². The predicted molar refractivity (Wildman–Crippen MR) is 54.5 cm³/mol. The van der Waals surface area contributed by atoms with E-state index in [2.05, 4.69) is 35.8 Å². The van der Waals surface area contributed by atoms with Gasteiger partial charge in [-0.2, -0.15) is 4.52 Å². The molecule has 0 radical (unpaired) electrons. The summed E-state index contributed by atoms with van der Waals surface area (Å²) in [5.74, 6) is 0.733. The van der Waals surface area contributed by atoms with Gasteiger partial charge in [0.1, 0.15) is 0 Å². The normalized spacial score (nSPS) is 10.8. The second kappa shape index (κ2) is 3.57. The zero-order valence-electron chi connectivity index (χ0n) is 8.20. The van der Waals surface area contributed by atoms with Gasteiger partial charge in [-0.25, -0.2) is 4.98 Å². The van der Waals surface area contributed by atoms with E-state index in [4.69, 9.17) is 0 Å². The molecule has 2 N–H and O–H groups in total. The number of hydrogen-bond donors (Lipinski definition) is 2. The van der Waals surface area contributed by atoms with Gasteiger partial charge in [0.15, 0.2) is 11.5 Å². The summed E-state index contributed by atoms with van der Waals surface area (Å²) in [6.45, 7) is 0.612. The maximum atomic E-state index is 4.03. The fraction of sp³-hybridized carbons (Fsp3) is 0.125. The van der Waals surface area contributed by atoms with Crippen LogP contribution in [0.5, 0.6) is 0 Å². The molecule has 8 nitrogen and oxygen atoms in total.